The van der Waals surface area contributed by atoms with E-state index in [1.807, 2.05) is 22.9 Å². The van der Waals surface area contributed by atoms with Gasteiger partial charge in [-0.2, -0.15) is 5.10 Å². The summed E-state index contributed by atoms with van der Waals surface area (Å²) in [5.74, 6) is 4.52. The zero-order valence-corrected chi connectivity index (χ0v) is 35.0. The van der Waals surface area contributed by atoms with Crippen molar-refractivity contribution in [3.63, 3.8) is 0 Å². The van der Waals surface area contributed by atoms with Crippen LogP contribution in [0.4, 0.5) is 5.13 Å². The molecule has 2 aliphatic heterocycles. The number of benzene rings is 2. The number of ether oxygens (including phenoxy) is 6. The summed E-state index contributed by atoms with van der Waals surface area (Å²) in [5.41, 5.74) is 5.10. The van der Waals surface area contributed by atoms with Crippen LogP contribution in [0.3, 0.4) is 0 Å². The highest BCUT2D eigenvalue weighted by molar-refractivity contribution is 9.11. The number of hydrogen-bond acceptors (Lipinski definition) is 17. The minimum absolute atomic E-state index is 0. The first-order valence-electron chi connectivity index (χ1n) is 15.8. The van der Waals surface area contributed by atoms with E-state index in [2.05, 4.69) is 57.1 Å². The molecule has 3 aromatic heterocycles. The van der Waals surface area contributed by atoms with Crippen molar-refractivity contribution < 1.29 is 47.9 Å². The molecule has 4 N–H and O–H groups in total. The number of carbonyl (C=O) groups excluding carboxylic acids is 3. The van der Waals surface area contributed by atoms with Gasteiger partial charge in [0.15, 0.2) is 10.8 Å². The molecule has 0 saturated heterocycles. The van der Waals surface area contributed by atoms with Crippen LogP contribution in [0.25, 0.3) is 22.1 Å². The first kappa shape index (κ1) is 43.0. The van der Waals surface area contributed by atoms with E-state index in [0.717, 1.165) is 20.9 Å². The Morgan fingerprint density at radius 3 is 2.05 bits per heavy atom. The number of halogens is 3. The fourth-order valence-corrected chi connectivity index (χ4v) is 7.04. The van der Waals surface area contributed by atoms with E-state index < -0.39 is 17.7 Å². The van der Waals surface area contributed by atoms with E-state index in [0.29, 0.717) is 43.7 Å². The van der Waals surface area contributed by atoms with Crippen molar-refractivity contribution in [3.05, 3.63) is 78.8 Å². The number of nitrogens with two attached hydrogens (primary N) is 1. The number of aromatic nitrogens is 4. The molecule has 55 heavy (non-hydrogen) atoms. The van der Waals surface area contributed by atoms with Crippen LogP contribution in [-0.4, -0.2) is 76.6 Å². The fourth-order valence-electron chi connectivity index (χ4n) is 5.00. The van der Waals surface area contributed by atoms with E-state index in [1.165, 1.54) is 29.8 Å². The maximum atomic E-state index is 12.4. The van der Waals surface area contributed by atoms with E-state index in [1.54, 1.807) is 50.2 Å². The number of carbonyl (C=O) groups is 3. The lowest BCUT2D eigenvalue weighted by atomic mass is 10.0. The van der Waals surface area contributed by atoms with Crippen molar-refractivity contribution in [2.24, 2.45) is 5.84 Å². The second-order valence-corrected chi connectivity index (χ2v) is 14.0. The van der Waals surface area contributed by atoms with Crippen LogP contribution < -0.4 is 30.2 Å². The molecular weight excluding hydrogens is 912 g/mol. The van der Waals surface area contributed by atoms with Crippen molar-refractivity contribution in [1.82, 2.24) is 19.7 Å². The predicted octanol–water partition coefficient (Wildman–Crippen LogP) is 6.94. The monoisotopic (exact) mass is 942 g/mol. The third-order valence-electron chi connectivity index (χ3n) is 7.39. The molecule has 0 atom stereocenters. The summed E-state index contributed by atoms with van der Waals surface area (Å²) in [4.78, 5) is 43.9. The van der Waals surface area contributed by atoms with Gasteiger partial charge < -0.3 is 33.5 Å². The first-order valence-corrected chi connectivity index (χ1v) is 19.1. The number of nitrogens with zero attached hydrogens (tertiary/aromatic N) is 4. The highest BCUT2D eigenvalue weighted by Gasteiger charge is 2.33. The molecule has 2 aliphatic rings. The molecule has 0 bridgehead atoms. The molecule has 0 amide bonds. The number of hydrazine groups is 1. The van der Waals surface area contributed by atoms with Gasteiger partial charge in [0, 0.05) is 40.8 Å². The van der Waals surface area contributed by atoms with Gasteiger partial charge in [0.25, 0.3) is 5.78 Å². The highest BCUT2D eigenvalue weighted by Crippen LogP contribution is 2.45. The summed E-state index contributed by atoms with van der Waals surface area (Å²) in [5, 5.41) is 19.8. The van der Waals surface area contributed by atoms with Crippen LogP contribution in [0, 0.1) is 0 Å². The van der Waals surface area contributed by atoms with Crippen LogP contribution in [0.2, 0.25) is 0 Å². The first-order chi connectivity index (χ1) is 26.1. The van der Waals surface area contributed by atoms with Gasteiger partial charge in [0.05, 0.1) is 58.8 Å². The quantitative estimate of drug-likeness (QED) is 0.0592. The predicted molar refractivity (Wildman–Crippen MR) is 214 cm³/mol. The second-order valence-electron chi connectivity index (χ2n) is 10.5. The van der Waals surface area contributed by atoms with Gasteiger partial charge in [-0.3, -0.25) is 10.2 Å². The zero-order chi connectivity index (χ0) is 38.9. The average Bonchev–Trinajstić information content (AvgIpc) is 3.97. The Morgan fingerprint density at radius 1 is 0.909 bits per heavy atom. The molecule has 0 saturated carbocycles. The molecule has 7 rings (SSSR count). The Balaban J connectivity index is 0.000000208. The fraction of sp³-hybridized carbons (Fsp3) is 0.235. The van der Waals surface area contributed by atoms with Crippen LogP contribution in [0.15, 0.2) is 61.9 Å². The van der Waals surface area contributed by atoms with Gasteiger partial charge in [0.2, 0.25) is 5.13 Å². The number of aliphatic hydroxyl groups excluding tert-OH is 1. The Morgan fingerprint density at radius 2 is 1.51 bits per heavy atom. The van der Waals surface area contributed by atoms with E-state index in [4.69, 9.17) is 29.5 Å². The van der Waals surface area contributed by atoms with Gasteiger partial charge in [-0.25, -0.2) is 30.1 Å². The molecule has 5 heterocycles. The zero-order valence-electron chi connectivity index (χ0n) is 29.4. The minimum Gasteiger partial charge on any atom is -0.507 e. The van der Waals surface area contributed by atoms with Crippen molar-refractivity contribution in [3.8, 4) is 39.4 Å². The van der Waals surface area contributed by atoms with Gasteiger partial charge >= 0.3 is 11.9 Å². The number of methoxy groups -OCH3 is 2. The number of nitrogens with one attached hydrogen (secondary N) is 1. The standard InChI is InChI=1S/C17H14BrN3O4S.C14H13BrO6.C3H5N3S.ClH/c1-3-24-16(22)14-10-8-25-12-7-13(23-2)11(18)6-9(12)15(10)21(20-14)17-19-4-5-26-17;1-3-20-14(18)13(17)8-6-21-10-5-11(19-2)9(15)4-7(10)12(8)16;4-6-3-5-1-2-7-3;/h4-7H,3,8H2,1-2H3;4-5,16H,3,6H2,1-2H3;1-2H,4H2,(H,5,6);1H. The smallest absolute Gasteiger partial charge is 0.379 e. The molecular formula is C34H33Br2ClN6O10S2. The summed E-state index contributed by atoms with van der Waals surface area (Å²) in [6.45, 7) is 3.72. The van der Waals surface area contributed by atoms with Crippen LogP contribution in [0.5, 0.6) is 23.0 Å². The minimum atomic E-state index is -1.02. The number of thiazole rings is 2. The lowest BCUT2D eigenvalue weighted by molar-refractivity contribution is -0.152. The molecule has 0 aliphatic carbocycles. The Hall–Kier alpha value is -4.73. The molecule has 21 heteroatoms. The lowest BCUT2D eigenvalue weighted by Gasteiger charge is -2.20. The van der Waals surface area contributed by atoms with Gasteiger partial charge in [-0.1, -0.05) is 0 Å². The lowest BCUT2D eigenvalue weighted by Crippen LogP contribution is -2.26. The van der Waals surface area contributed by atoms with E-state index in [-0.39, 0.29) is 55.9 Å². The van der Waals surface area contributed by atoms with Crippen molar-refractivity contribution in [2.45, 2.75) is 20.5 Å². The number of hydrogen-bond donors (Lipinski definition) is 3. The van der Waals surface area contributed by atoms with Gasteiger partial charge in [-0.15, -0.1) is 35.1 Å². The second kappa shape index (κ2) is 19.7. The number of rotatable bonds is 9. The highest BCUT2D eigenvalue weighted by atomic mass is 79.9. The third kappa shape index (κ3) is 9.57. The summed E-state index contributed by atoms with van der Waals surface area (Å²) in [7, 11) is 3.10. The number of esters is 2. The summed E-state index contributed by atoms with van der Waals surface area (Å²) in [6.07, 6.45) is 3.39. The molecule has 292 valence electrons. The molecule has 0 unspecified atom stereocenters. The summed E-state index contributed by atoms with van der Waals surface area (Å²) >= 11 is 9.70. The molecule has 0 radical (unpaired) electrons. The van der Waals surface area contributed by atoms with E-state index in [9.17, 15) is 19.5 Å². The van der Waals surface area contributed by atoms with Crippen LogP contribution >= 0.6 is 66.9 Å². The Kier molecular flexibility index (Phi) is 15.4. The molecule has 16 nitrogen and oxygen atoms in total. The third-order valence-corrected chi connectivity index (χ3v) is 10.1. The average molecular weight is 945 g/mol. The number of anilines is 1. The normalized spacial score (nSPS) is 11.9. The maximum Gasteiger partial charge on any atom is 0.379 e. The number of nitrogen functional groups attached to an aromatic ring is 1. The van der Waals surface area contributed by atoms with Crippen molar-refractivity contribution >= 4 is 95.6 Å². The molecule has 5 aromatic rings. The van der Waals surface area contributed by atoms with Crippen molar-refractivity contribution in [2.75, 3.05) is 39.5 Å². The topological polar surface area (TPSA) is 208 Å². The SMILES string of the molecule is CCOC(=O)C(=O)C1=C(O)c2cc(Br)c(OC)cc2OC1.CCOC(=O)c1nn(-c2nccs2)c2c1COc1cc(OC)c(Br)cc1-2.Cl.NNc1nccs1. The Bertz CT molecular complexity index is 2180. The van der Waals surface area contributed by atoms with Crippen LogP contribution in [0.1, 0.15) is 35.5 Å². The summed E-state index contributed by atoms with van der Waals surface area (Å²) < 4.78 is 34.6. The van der Waals surface area contributed by atoms with Gasteiger partial charge in [-0.05, 0) is 57.8 Å². The Labute approximate surface area is 345 Å². The number of Topliss-reactive ketones (excluding diaryl/α,β-unsaturated/α-hetero) is 1. The summed E-state index contributed by atoms with van der Waals surface area (Å²) in [6, 6.07) is 6.85. The largest absolute Gasteiger partial charge is 0.507 e. The van der Waals surface area contributed by atoms with E-state index >= 15 is 0 Å². The molecule has 0 fully saturated rings. The maximum absolute atomic E-state index is 12.4. The molecule has 0 spiro atoms. The molecule has 2 aromatic carbocycles. The van der Waals surface area contributed by atoms with Gasteiger partial charge in [0.1, 0.15) is 42.0 Å². The van der Waals surface area contributed by atoms with Crippen molar-refractivity contribution in [1.29, 1.82) is 0 Å². The number of ketones is 1. The van der Waals surface area contributed by atoms with Crippen LogP contribution in [-0.2, 0) is 25.7 Å². The number of aliphatic hydroxyl groups is 1. The number of fused-ring (bicyclic) bond motifs is 4.